The molecule has 0 aromatic rings. The first-order chi connectivity index (χ1) is 5.91. The monoisotopic (exact) mass is 181 g/mol. The summed E-state index contributed by atoms with van der Waals surface area (Å²) in [6, 6.07) is 0. The summed E-state index contributed by atoms with van der Waals surface area (Å²) in [5, 5.41) is 0. The predicted octanol–water partition coefficient (Wildman–Crippen LogP) is 2.76. The maximum Gasteiger partial charge on any atom is 0.00475 e. The van der Waals surface area contributed by atoms with Crippen molar-refractivity contribution in [3.8, 4) is 0 Å². The van der Waals surface area contributed by atoms with E-state index in [4.69, 9.17) is 0 Å². The van der Waals surface area contributed by atoms with Gasteiger partial charge in [0.1, 0.15) is 0 Å². The number of hydrogen-bond acceptors (Lipinski definition) is 1. The van der Waals surface area contributed by atoms with E-state index < -0.39 is 0 Å². The molecular weight excluding hydrogens is 158 g/mol. The van der Waals surface area contributed by atoms with Gasteiger partial charge in [0, 0.05) is 13.1 Å². The molecular formula is C12H23N. The molecule has 1 heterocycles. The van der Waals surface area contributed by atoms with Gasteiger partial charge in [0.2, 0.25) is 0 Å². The van der Waals surface area contributed by atoms with Crippen molar-refractivity contribution < 1.29 is 0 Å². The summed E-state index contributed by atoms with van der Waals surface area (Å²) in [7, 11) is 2.25. The second-order valence-electron chi connectivity index (χ2n) is 6.48. The largest absolute Gasteiger partial charge is 0.305 e. The van der Waals surface area contributed by atoms with Crippen LogP contribution in [0.4, 0.5) is 0 Å². The van der Waals surface area contributed by atoms with Gasteiger partial charge < -0.3 is 4.90 Å². The lowest BCUT2D eigenvalue weighted by Crippen LogP contribution is -2.52. The van der Waals surface area contributed by atoms with E-state index in [1.54, 1.807) is 0 Å². The lowest BCUT2D eigenvalue weighted by atomic mass is 9.73. The molecule has 1 atom stereocenters. The molecule has 1 heteroatoms. The van der Waals surface area contributed by atoms with Crippen molar-refractivity contribution in [3.63, 3.8) is 0 Å². The lowest BCUT2D eigenvalue weighted by Gasteiger charge is -2.47. The van der Waals surface area contributed by atoms with E-state index in [-0.39, 0.29) is 0 Å². The first kappa shape index (κ1) is 9.51. The molecule has 0 aromatic carbocycles. The second kappa shape index (κ2) is 2.73. The molecule has 0 unspecified atom stereocenters. The molecule has 2 aliphatic rings. The summed E-state index contributed by atoms with van der Waals surface area (Å²) in [4.78, 5) is 2.46. The average Bonchev–Trinajstić information content (AvgIpc) is 2.29. The third-order valence-corrected chi connectivity index (χ3v) is 4.14. The van der Waals surface area contributed by atoms with Crippen LogP contribution < -0.4 is 0 Å². The van der Waals surface area contributed by atoms with Gasteiger partial charge in [-0.05, 0) is 43.1 Å². The highest BCUT2D eigenvalue weighted by Gasteiger charge is 2.48. The third kappa shape index (κ3) is 1.63. The van der Waals surface area contributed by atoms with Crippen LogP contribution in [-0.4, -0.2) is 25.0 Å². The quantitative estimate of drug-likeness (QED) is 0.555. The Hall–Kier alpha value is -0.0400. The third-order valence-electron chi connectivity index (χ3n) is 4.14. The average molecular weight is 181 g/mol. The van der Waals surface area contributed by atoms with Crippen molar-refractivity contribution in [1.29, 1.82) is 0 Å². The first-order valence-corrected chi connectivity index (χ1v) is 5.60. The molecule has 2 rings (SSSR count). The van der Waals surface area contributed by atoms with Gasteiger partial charge >= 0.3 is 0 Å². The molecule has 0 aromatic heterocycles. The minimum atomic E-state index is 0.539. The smallest absolute Gasteiger partial charge is 0.00475 e. The van der Waals surface area contributed by atoms with Crippen molar-refractivity contribution >= 4 is 0 Å². The fourth-order valence-corrected chi connectivity index (χ4v) is 3.33. The molecule has 1 nitrogen and oxygen atoms in total. The molecule has 0 N–H and O–H groups in total. The van der Waals surface area contributed by atoms with E-state index in [9.17, 15) is 0 Å². The number of likely N-dealkylation sites (tertiary alicyclic amines) is 1. The number of hydrogen-bond donors (Lipinski definition) is 0. The van der Waals surface area contributed by atoms with Gasteiger partial charge in [-0.2, -0.15) is 0 Å². The van der Waals surface area contributed by atoms with E-state index in [0.717, 1.165) is 11.3 Å². The minimum absolute atomic E-state index is 0.539. The fraction of sp³-hybridized carbons (Fsp3) is 1.00. The predicted molar refractivity (Wildman–Crippen MR) is 56.7 cm³/mol. The number of rotatable bonds is 0. The van der Waals surface area contributed by atoms with E-state index in [2.05, 4.69) is 32.7 Å². The highest BCUT2D eigenvalue weighted by molar-refractivity contribution is 5.01. The Morgan fingerprint density at radius 3 is 2.23 bits per heavy atom. The van der Waals surface area contributed by atoms with Gasteiger partial charge in [-0.3, -0.25) is 0 Å². The highest BCUT2D eigenvalue weighted by atomic mass is 15.2. The SMILES string of the molecule is CN1CC2(CC[C@H](C(C)(C)C)C2)C1. The summed E-state index contributed by atoms with van der Waals surface area (Å²) < 4.78 is 0. The van der Waals surface area contributed by atoms with Crippen LogP contribution in [0.1, 0.15) is 40.0 Å². The molecule has 1 aliphatic heterocycles. The van der Waals surface area contributed by atoms with Crippen LogP contribution in [0.3, 0.4) is 0 Å². The maximum atomic E-state index is 2.46. The van der Waals surface area contributed by atoms with Crippen LogP contribution in [0.2, 0.25) is 0 Å². The number of nitrogens with zero attached hydrogens (tertiary/aromatic N) is 1. The second-order valence-corrected chi connectivity index (χ2v) is 6.48. The topological polar surface area (TPSA) is 3.24 Å². The van der Waals surface area contributed by atoms with Crippen LogP contribution in [0.15, 0.2) is 0 Å². The Labute approximate surface area is 82.5 Å². The molecule has 1 saturated heterocycles. The van der Waals surface area contributed by atoms with Crippen LogP contribution >= 0.6 is 0 Å². The van der Waals surface area contributed by atoms with Crippen molar-refractivity contribution in [2.45, 2.75) is 40.0 Å². The zero-order chi connectivity index (χ0) is 9.69. The van der Waals surface area contributed by atoms with Crippen molar-refractivity contribution in [3.05, 3.63) is 0 Å². The summed E-state index contributed by atoms with van der Waals surface area (Å²) >= 11 is 0. The van der Waals surface area contributed by atoms with Gasteiger partial charge in [-0.1, -0.05) is 20.8 Å². The zero-order valence-electron chi connectivity index (χ0n) is 9.56. The summed E-state index contributed by atoms with van der Waals surface area (Å²) in [6.45, 7) is 9.93. The van der Waals surface area contributed by atoms with Crippen LogP contribution in [0, 0.1) is 16.7 Å². The minimum Gasteiger partial charge on any atom is -0.305 e. The van der Waals surface area contributed by atoms with E-state index in [1.165, 1.54) is 32.4 Å². The van der Waals surface area contributed by atoms with Crippen LogP contribution in [0.25, 0.3) is 0 Å². The van der Waals surface area contributed by atoms with E-state index in [1.807, 2.05) is 0 Å². The van der Waals surface area contributed by atoms with Crippen molar-refractivity contribution in [2.24, 2.45) is 16.7 Å². The Morgan fingerprint density at radius 2 is 1.85 bits per heavy atom. The Morgan fingerprint density at radius 1 is 1.23 bits per heavy atom. The highest BCUT2D eigenvalue weighted by Crippen LogP contribution is 2.52. The Balaban J connectivity index is 1.95. The Bertz CT molecular complexity index is 196. The zero-order valence-corrected chi connectivity index (χ0v) is 9.56. The summed E-state index contributed by atoms with van der Waals surface area (Å²) in [5.74, 6) is 0.973. The molecule has 1 aliphatic carbocycles. The lowest BCUT2D eigenvalue weighted by molar-refractivity contribution is 0.0195. The molecule has 1 saturated carbocycles. The summed E-state index contributed by atoms with van der Waals surface area (Å²) in [6.07, 6.45) is 4.44. The van der Waals surface area contributed by atoms with Gasteiger partial charge in [-0.15, -0.1) is 0 Å². The molecule has 2 fully saturated rings. The normalized spacial score (nSPS) is 33.7. The van der Waals surface area contributed by atoms with Crippen LogP contribution in [0.5, 0.6) is 0 Å². The standard InChI is InChI=1S/C12H23N/c1-11(2,3)10-5-6-12(7-10)8-13(4)9-12/h10H,5-9H2,1-4H3/t10-/m0/s1. The van der Waals surface area contributed by atoms with Crippen molar-refractivity contribution in [1.82, 2.24) is 4.90 Å². The van der Waals surface area contributed by atoms with Crippen molar-refractivity contribution in [2.75, 3.05) is 20.1 Å². The maximum absolute atomic E-state index is 2.46. The molecule has 0 bridgehead atoms. The molecule has 1 spiro atoms. The fourth-order valence-electron chi connectivity index (χ4n) is 3.33. The van der Waals surface area contributed by atoms with Crippen LogP contribution in [-0.2, 0) is 0 Å². The molecule has 0 amide bonds. The van der Waals surface area contributed by atoms with Gasteiger partial charge in [-0.25, -0.2) is 0 Å². The Kier molecular flexibility index (Phi) is 1.99. The van der Waals surface area contributed by atoms with Gasteiger partial charge in [0.25, 0.3) is 0 Å². The van der Waals surface area contributed by atoms with E-state index >= 15 is 0 Å². The molecule has 0 radical (unpaired) electrons. The molecule has 76 valence electrons. The van der Waals surface area contributed by atoms with E-state index in [0.29, 0.717) is 5.41 Å². The van der Waals surface area contributed by atoms with Gasteiger partial charge in [0.15, 0.2) is 0 Å². The van der Waals surface area contributed by atoms with Gasteiger partial charge in [0.05, 0.1) is 0 Å². The molecule has 13 heavy (non-hydrogen) atoms. The summed E-state index contributed by atoms with van der Waals surface area (Å²) in [5.41, 5.74) is 1.28. The first-order valence-electron chi connectivity index (χ1n) is 5.60.